The van der Waals surface area contributed by atoms with Crippen LogP contribution in [0.5, 0.6) is 0 Å². The summed E-state index contributed by atoms with van der Waals surface area (Å²) in [6, 6.07) is 0.416. The third-order valence-corrected chi connectivity index (χ3v) is 2.90. The molecule has 1 aromatic rings. The summed E-state index contributed by atoms with van der Waals surface area (Å²) in [5.74, 6) is 0.442. The lowest BCUT2D eigenvalue weighted by Crippen LogP contribution is -2.45. The number of rotatable bonds is 5. The van der Waals surface area contributed by atoms with Gasteiger partial charge in [0, 0.05) is 13.7 Å². The fraction of sp³-hybridized carbons (Fsp3) is 0.778. The van der Waals surface area contributed by atoms with E-state index in [0.29, 0.717) is 18.5 Å². The molecule has 1 aromatic heterocycles. The summed E-state index contributed by atoms with van der Waals surface area (Å²) in [5.41, 5.74) is 5.32. The Bertz CT molecular complexity index is 316. The maximum atomic E-state index is 5.45. The van der Waals surface area contributed by atoms with E-state index in [2.05, 4.69) is 15.5 Å². The highest BCUT2D eigenvalue weighted by Gasteiger charge is 2.37. The summed E-state index contributed by atoms with van der Waals surface area (Å²) in [5, 5.41) is 10.7. The Morgan fingerprint density at radius 3 is 2.80 bits per heavy atom. The highest BCUT2D eigenvalue weighted by molar-refractivity contribution is 5.19. The van der Waals surface area contributed by atoms with Gasteiger partial charge in [0.1, 0.15) is 0 Å². The van der Waals surface area contributed by atoms with Gasteiger partial charge in [-0.15, -0.1) is 5.10 Å². The third-order valence-electron chi connectivity index (χ3n) is 2.90. The molecule has 1 heterocycles. The van der Waals surface area contributed by atoms with Crippen LogP contribution < -0.4 is 11.1 Å². The summed E-state index contributed by atoms with van der Waals surface area (Å²) in [6.45, 7) is 0.972. The van der Waals surface area contributed by atoms with Crippen LogP contribution in [0.1, 0.15) is 25.2 Å². The maximum absolute atomic E-state index is 5.45. The van der Waals surface area contributed by atoms with Crippen molar-refractivity contribution < 1.29 is 9.15 Å². The average Bonchev–Trinajstić information content (AvgIpc) is 2.65. The van der Waals surface area contributed by atoms with E-state index in [1.54, 1.807) is 7.11 Å². The summed E-state index contributed by atoms with van der Waals surface area (Å²) >= 11 is 0. The molecule has 0 spiro atoms. The first kappa shape index (κ1) is 10.4. The molecule has 0 amide bonds. The molecular formula is C9H16N4O2. The molecule has 1 aliphatic rings. The summed E-state index contributed by atoms with van der Waals surface area (Å²) in [7, 11) is 1.74. The summed E-state index contributed by atoms with van der Waals surface area (Å²) < 4.78 is 10.7. The summed E-state index contributed by atoms with van der Waals surface area (Å²) in [6.07, 6.45) is 3.37. The Balaban J connectivity index is 1.86. The number of anilines is 1. The van der Waals surface area contributed by atoms with Crippen molar-refractivity contribution in [3.8, 4) is 0 Å². The van der Waals surface area contributed by atoms with E-state index in [0.717, 1.165) is 12.8 Å². The van der Waals surface area contributed by atoms with Crippen molar-refractivity contribution in [2.24, 2.45) is 5.73 Å². The second-order valence-electron chi connectivity index (χ2n) is 3.80. The van der Waals surface area contributed by atoms with Crippen molar-refractivity contribution in [3.63, 3.8) is 0 Å². The molecular weight excluding hydrogens is 196 g/mol. The van der Waals surface area contributed by atoms with E-state index in [1.165, 1.54) is 6.42 Å². The van der Waals surface area contributed by atoms with Gasteiger partial charge in [0.2, 0.25) is 5.89 Å². The Kier molecular flexibility index (Phi) is 2.88. The fourth-order valence-electron chi connectivity index (χ4n) is 1.67. The second kappa shape index (κ2) is 4.16. The number of nitrogens with two attached hydrogens (primary N) is 1. The molecule has 1 saturated carbocycles. The number of nitrogens with zero attached hydrogens (tertiary/aromatic N) is 2. The molecule has 1 aliphatic carbocycles. The molecule has 0 atom stereocenters. The molecule has 15 heavy (non-hydrogen) atoms. The first-order valence-electron chi connectivity index (χ1n) is 5.09. The van der Waals surface area contributed by atoms with Gasteiger partial charge in [-0.3, -0.25) is 0 Å². The molecule has 0 saturated heterocycles. The van der Waals surface area contributed by atoms with Gasteiger partial charge in [-0.25, -0.2) is 0 Å². The van der Waals surface area contributed by atoms with E-state index >= 15 is 0 Å². The van der Waals surface area contributed by atoms with E-state index in [-0.39, 0.29) is 12.1 Å². The van der Waals surface area contributed by atoms with E-state index < -0.39 is 0 Å². The molecule has 0 aromatic carbocycles. The molecule has 6 heteroatoms. The SMILES string of the molecule is COC1(CNc2nnc(CN)o2)CCC1. The fourth-order valence-corrected chi connectivity index (χ4v) is 1.67. The minimum atomic E-state index is -0.0443. The number of methoxy groups -OCH3 is 1. The van der Waals surface area contributed by atoms with Crippen LogP contribution in [-0.2, 0) is 11.3 Å². The number of hydrogen-bond acceptors (Lipinski definition) is 6. The number of aromatic nitrogens is 2. The topological polar surface area (TPSA) is 86.2 Å². The van der Waals surface area contributed by atoms with Gasteiger partial charge in [0.05, 0.1) is 12.1 Å². The van der Waals surface area contributed by atoms with Crippen molar-refractivity contribution in [1.29, 1.82) is 0 Å². The highest BCUT2D eigenvalue weighted by Crippen LogP contribution is 2.34. The van der Waals surface area contributed by atoms with Crippen LogP contribution in [0.15, 0.2) is 4.42 Å². The molecule has 6 nitrogen and oxygen atoms in total. The smallest absolute Gasteiger partial charge is 0.315 e. The second-order valence-corrected chi connectivity index (χ2v) is 3.80. The van der Waals surface area contributed by atoms with Crippen LogP contribution in [-0.4, -0.2) is 29.5 Å². The zero-order chi connectivity index (χ0) is 10.7. The van der Waals surface area contributed by atoms with Crippen LogP contribution >= 0.6 is 0 Å². The Morgan fingerprint density at radius 1 is 1.53 bits per heavy atom. The number of ether oxygens (including phenoxy) is 1. The first-order valence-corrected chi connectivity index (χ1v) is 5.09. The monoisotopic (exact) mass is 212 g/mol. The standard InChI is InChI=1S/C9H16N4O2/c1-14-9(3-2-4-9)6-11-8-13-12-7(5-10)15-8/h2-6,10H2,1H3,(H,11,13). The number of hydrogen-bond donors (Lipinski definition) is 2. The van der Waals surface area contributed by atoms with Crippen molar-refractivity contribution in [2.75, 3.05) is 19.0 Å². The largest absolute Gasteiger partial charge is 0.407 e. The molecule has 84 valence electrons. The van der Waals surface area contributed by atoms with Gasteiger partial charge in [0.15, 0.2) is 0 Å². The zero-order valence-electron chi connectivity index (χ0n) is 8.82. The van der Waals surface area contributed by atoms with Gasteiger partial charge >= 0.3 is 6.01 Å². The lowest BCUT2D eigenvalue weighted by atomic mass is 9.80. The van der Waals surface area contributed by atoms with E-state index in [1.807, 2.05) is 0 Å². The highest BCUT2D eigenvalue weighted by atomic mass is 16.5. The van der Waals surface area contributed by atoms with Crippen LogP contribution in [0.3, 0.4) is 0 Å². The predicted molar refractivity (Wildman–Crippen MR) is 54.3 cm³/mol. The van der Waals surface area contributed by atoms with Gasteiger partial charge in [-0.2, -0.15) is 0 Å². The van der Waals surface area contributed by atoms with Crippen molar-refractivity contribution in [1.82, 2.24) is 10.2 Å². The van der Waals surface area contributed by atoms with Crippen molar-refractivity contribution >= 4 is 6.01 Å². The van der Waals surface area contributed by atoms with Crippen LogP contribution in [0.4, 0.5) is 6.01 Å². The molecule has 0 bridgehead atoms. The quantitative estimate of drug-likeness (QED) is 0.739. The minimum absolute atomic E-state index is 0.0443. The van der Waals surface area contributed by atoms with E-state index in [4.69, 9.17) is 14.9 Å². The van der Waals surface area contributed by atoms with Crippen molar-refractivity contribution in [3.05, 3.63) is 5.89 Å². The lowest BCUT2D eigenvalue weighted by molar-refractivity contribution is -0.0604. The summed E-state index contributed by atoms with van der Waals surface area (Å²) in [4.78, 5) is 0. The van der Waals surface area contributed by atoms with E-state index in [9.17, 15) is 0 Å². The first-order chi connectivity index (χ1) is 7.28. The van der Waals surface area contributed by atoms with Crippen LogP contribution in [0.25, 0.3) is 0 Å². The third kappa shape index (κ3) is 2.10. The molecule has 0 radical (unpaired) electrons. The van der Waals surface area contributed by atoms with Crippen LogP contribution in [0, 0.1) is 0 Å². The average molecular weight is 212 g/mol. The van der Waals surface area contributed by atoms with Gasteiger partial charge in [0.25, 0.3) is 0 Å². The molecule has 1 fully saturated rings. The zero-order valence-corrected chi connectivity index (χ0v) is 8.82. The Hall–Kier alpha value is -1.14. The molecule has 3 N–H and O–H groups in total. The lowest BCUT2D eigenvalue weighted by Gasteiger charge is -2.40. The minimum Gasteiger partial charge on any atom is -0.407 e. The Labute approximate surface area is 88.2 Å². The van der Waals surface area contributed by atoms with Gasteiger partial charge in [-0.1, -0.05) is 5.10 Å². The normalized spacial score (nSPS) is 18.5. The van der Waals surface area contributed by atoms with Crippen LogP contribution in [0.2, 0.25) is 0 Å². The van der Waals surface area contributed by atoms with Gasteiger partial charge in [-0.05, 0) is 19.3 Å². The predicted octanol–water partition coefficient (Wildman–Crippen LogP) is 0.509. The Morgan fingerprint density at radius 2 is 2.33 bits per heavy atom. The maximum Gasteiger partial charge on any atom is 0.315 e. The number of nitrogens with one attached hydrogen (secondary N) is 1. The molecule has 2 rings (SSSR count). The molecule has 0 aliphatic heterocycles. The molecule has 0 unspecified atom stereocenters. The van der Waals surface area contributed by atoms with Gasteiger partial charge < -0.3 is 20.2 Å². The van der Waals surface area contributed by atoms with Crippen molar-refractivity contribution in [2.45, 2.75) is 31.4 Å².